The summed E-state index contributed by atoms with van der Waals surface area (Å²) in [6, 6.07) is 6.28. The summed E-state index contributed by atoms with van der Waals surface area (Å²) in [4.78, 5) is 14.2. The molecular weight excluding hydrogens is 236 g/mol. The Morgan fingerprint density at radius 3 is 2.95 bits per heavy atom. The predicted molar refractivity (Wildman–Crippen MR) is 79.4 cm³/mol. The molecule has 1 atom stereocenters. The van der Waals surface area contributed by atoms with Gasteiger partial charge in [0, 0.05) is 18.8 Å². The van der Waals surface area contributed by atoms with Crippen LogP contribution in [-0.2, 0) is 4.79 Å². The van der Waals surface area contributed by atoms with E-state index >= 15 is 0 Å². The summed E-state index contributed by atoms with van der Waals surface area (Å²) in [5, 5.41) is 3.27. The summed E-state index contributed by atoms with van der Waals surface area (Å²) in [5.41, 5.74) is 3.47. The molecule has 3 nitrogen and oxygen atoms in total. The van der Waals surface area contributed by atoms with E-state index in [-0.39, 0.29) is 5.91 Å². The lowest BCUT2D eigenvalue weighted by Crippen LogP contribution is -2.42. The van der Waals surface area contributed by atoms with Crippen LogP contribution in [0.25, 0.3) is 0 Å². The van der Waals surface area contributed by atoms with Crippen LogP contribution in [0.3, 0.4) is 0 Å². The first kappa shape index (κ1) is 13.9. The zero-order valence-electron chi connectivity index (χ0n) is 12.2. The Kier molecular flexibility index (Phi) is 4.46. The molecule has 1 heterocycles. The van der Waals surface area contributed by atoms with Crippen molar-refractivity contribution >= 4 is 11.6 Å². The van der Waals surface area contributed by atoms with Crippen LogP contribution in [0.4, 0.5) is 5.69 Å². The third-order valence-corrected chi connectivity index (χ3v) is 3.83. The molecule has 0 saturated carbocycles. The van der Waals surface area contributed by atoms with Gasteiger partial charge in [0.2, 0.25) is 5.91 Å². The number of hydrogen-bond acceptors (Lipinski definition) is 2. The first-order valence-corrected chi connectivity index (χ1v) is 7.15. The fraction of sp³-hybridized carbons (Fsp3) is 0.562. The van der Waals surface area contributed by atoms with E-state index in [0.717, 1.165) is 25.2 Å². The van der Waals surface area contributed by atoms with Crippen LogP contribution >= 0.6 is 0 Å². The van der Waals surface area contributed by atoms with Crippen molar-refractivity contribution in [3.05, 3.63) is 29.3 Å². The highest BCUT2D eigenvalue weighted by Crippen LogP contribution is 2.18. The number of carbonyl (C=O) groups is 1. The highest BCUT2D eigenvalue weighted by Gasteiger charge is 2.20. The Morgan fingerprint density at radius 1 is 1.42 bits per heavy atom. The van der Waals surface area contributed by atoms with Gasteiger partial charge in [0.05, 0.1) is 6.54 Å². The second-order valence-corrected chi connectivity index (χ2v) is 5.76. The summed E-state index contributed by atoms with van der Waals surface area (Å²) >= 11 is 0. The number of amides is 1. The number of benzene rings is 1. The van der Waals surface area contributed by atoms with Crippen LogP contribution in [0.2, 0.25) is 0 Å². The summed E-state index contributed by atoms with van der Waals surface area (Å²) in [6.07, 6.45) is 2.38. The predicted octanol–water partition coefficient (Wildman–Crippen LogP) is 2.97. The molecular formula is C16H24N2O. The van der Waals surface area contributed by atoms with Gasteiger partial charge in [0.15, 0.2) is 0 Å². The molecule has 1 aromatic carbocycles. The van der Waals surface area contributed by atoms with Gasteiger partial charge in [-0.1, -0.05) is 19.1 Å². The normalized spacial score (nSPS) is 19.3. The fourth-order valence-corrected chi connectivity index (χ4v) is 2.62. The average Bonchev–Trinajstić information content (AvgIpc) is 2.39. The van der Waals surface area contributed by atoms with Crippen molar-refractivity contribution in [2.24, 2.45) is 5.92 Å². The zero-order valence-corrected chi connectivity index (χ0v) is 12.2. The Bertz CT molecular complexity index is 456. The number of aryl methyl sites for hydroxylation is 2. The maximum Gasteiger partial charge on any atom is 0.241 e. The minimum Gasteiger partial charge on any atom is -0.376 e. The molecule has 1 saturated heterocycles. The lowest BCUT2D eigenvalue weighted by atomic mass is 10.0. The maximum absolute atomic E-state index is 12.2. The van der Waals surface area contributed by atoms with Gasteiger partial charge in [-0.3, -0.25) is 4.79 Å². The molecule has 1 N–H and O–H groups in total. The largest absolute Gasteiger partial charge is 0.376 e. The van der Waals surface area contributed by atoms with E-state index in [1.54, 1.807) is 0 Å². The van der Waals surface area contributed by atoms with E-state index in [9.17, 15) is 4.79 Å². The van der Waals surface area contributed by atoms with E-state index in [1.807, 2.05) is 4.90 Å². The van der Waals surface area contributed by atoms with Crippen molar-refractivity contribution < 1.29 is 4.79 Å². The van der Waals surface area contributed by atoms with Crippen LogP contribution in [0.5, 0.6) is 0 Å². The number of likely N-dealkylation sites (tertiary alicyclic amines) is 1. The summed E-state index contributed by atoms with van der Waals surface area (Å²) in [7, 11) is 0. The molecule has 0 radical (unpaired) electrons. The highest BCUT2D eigenvalue weighted by molar-refractivity contribution is 5.81. The number of carbonyl (C=O) groups excluding carboxylic acids is 1. The van der Waals surface area contributed by atoms with Crippen molar-refractivity contribution in [1.29, 1.82) is 0 Å². The maximum atomic E-state index is 12.2. The first-order chi connectivity index (χ1) is 9.06. The standard InChI is InChI=1S/C16H24N2O/c1-12-6-7-14(3)15(9-12)17-10-16(19)18-8-4-5-13(2)11-18/h6-7,9,13,17H,4-5,8,10-11H2,1-3H3. The van der Waals surface area contributed by atoms with Gasteiger partial charge >= 0.3 is 0 Å². The monoisotopic (exact) mass is 260 g/mol. The molecule has 3 heteroatoms. The Balaban J connectivity index is 1.91. The lowest BCUT2D eigenvalue weighted by Gasteiger charge is -2.31. The molecule has 1 amide bonds. The second kappa shape index (κ2) is 6.09. The van der Waals surface area contributed by atoms with Crippen LogP contribution in [0, 0.1) is 19.8 Å². The van der Waals surface area contributed by atoms with Gasteiger partial charge in [-0.2, -0.15) is 0 Å². The molecule has 2 rings (SSSR count). The number of anilines is 1. The second-order valence-electron chi connectivity index (χ2n) is 5.76. The lowest BCUT2D eigenvalue weighted by molar-refractivity contribution is -0.130. The van der Waals surface area contributed by atoms with E-state index in [2.05, 4.69) is 44.3 Å². The van der Waals surface area contributed by atoms with Crippen LogP contribution in [-0.4, -0.2) is 30.4 Å². The van der Waals surface area contributed by atoms with Crippen molar-refractivity contribution in [1.82, 2.24) is 4.90 Å². The average molecular weight is 260 g/mol. The molecule has 0 spiro atoms. The van der Waals surface area contributed by atoms with E-state index in [1.165, 1.54) is 17.5 Å². The molecule has 0 bridgehead atoms. The minimum atomic E-state index is 0.215. The molecule has 1 aliphatic heterocycles. The first-order valence-electron chi connectivity index (χ1n) is 7.15. The fourth-order valence-electron chi connectivity index (χ4n) is 2.62. The molecule has 1 fully saturated rings. The van der Waals surface area contributed by atoms with E-state index < -0.39 is 0 Å². The highest BCUT2D eigenvalue weighted by atomic mass is 16.2. The molecule has 1 unspecified atom stereocenters. The third-order valence-electron chi connectivity index (χ3n) is 3.83. The molecule has 1 aliphatic rings. The van der Waals surface area contributed by atoms with Gasteiger partial charge in [-0.15, -0.1) is 0 Å². The van der Waals surface area contributed by atoms with Crippen molar-refractivity contribution in [2.75, 3.05) is 25.0 Å². The Labute approximate surface area is 116 Å². The van der Waals surface area contributed by atoms with Crippen LogP contribution in [0.1, 0.15) is 30.9 Å². The number of piperidine rings is 1. The molecule has 104 valence electrons. The SMILES string of the molecule is Cc1ccc(C)c(NCC(=O)N2CCCC(C)C2)c1. The summed E-state index contributed by atoms with van der Waals surface area (Å²) in [6.45, 7) is 8.58. The summed E-state index contributed by atoms with van der Waals surface area (Å²) < 4.78 is 0. The van der Waals surface area contributed by atoms with Crippen molar-refractivity contribution in [3.8, 4) is 0 Å². The van der Waals surface area contributed by atoms with Crippen molar-refractivity contribution in [2.45, 2.75) is 33.6 Å². The molecule has 0 aromatic heterocycles. The van der Waals surface area contributed by atoms with Crippen LogP contribution in [0.15, 0.2) is 18.2 Å². The Morgan fingerprint density at radius 2 is 2.21 bits per heavy atom. The zero-order chi connectivity index (χ0) is 13.8. The summed E-state index contributed by atoms with van der Waals surface area (Å²) in [5.74, 6) is 0.853. The van der Waals surface area contributed by atoms with Gasteiger partial charge < -0.3 is 10.2 Å². The number of rotatable bonds is 3. The van der Waals surface area contributed by atoms with E-state index in [4.69, 9.17) is 0 Å². The smallest absolute Gasteiger partial charge is 0.241 e. The third kappa shape index (κ3) is 3.72. The topological polar surface area (TPSA) is 32.3 Å². The Hall–Kier alpha value is -1.51. The van der Waals surface area contributed by atoms with Crippen LogP contribution < -0.4 is 5.32 Å². The van der Waals surface area contributed by atoms with E-state index in [0.29, 0.717) is 12.5 Å². The van der Waals surface area contributed by atoms with Gasteiger partial charge in [0.1, 0.15) is 0 Å². The van der Waals surface area contributed by atoms with Crippen molar-refractivity contribution in [3.63, 3.8) is 0 Å². The van der Waals surface area contributed by atoms with Gasteiger partial charge in [0.25, 0.3) is 0 Å². The van der Waals surface area contributed by atoms with Gasteiger partial charge in [-0.05, 0) is 49.8 Å². The quantitative estimate of drug-likeness (QED) is 0.906. The molecule has 0 aliphatic carbocycles. The molecule has 1 aromatic rings. The number of hydrogen-bond donors (Lipinski definition) is 1. The minimum absolute atomic E-state index is 0.215. The molecule has 19 heavy (non-hydrogen) atoms. The van der Waals surface area contributed by atoms with Gasteiger partial charge in [-0.25, -0.2) is 0 Å². The number of nitrogens with zero attached hydrogens (tertiary/aromatic N) is 1. The number of nitrogens with one attached hydrogen (secondary N) is 1.